The van der Waals surface area contributed by atoms with Gasteiger partial charge in [0.25, 0.3) is 0 Å². The first kappa shape index (κ1) is 18.4. The van der Waals surface area contributed by atoms with Gasteiger partial charge < -0.3 is 24.8 Å². The van der Waals surface area contributed by atoms with Gasteiger partial charge in [-0.05, 0) is 24.6 Å². The standard InChI is InChI=1S/C19H24N2O4/c1-14-6-4-7-15(12-14)13-21-19(22)20-10-11-25-17-9-5-8-16(23-2)18(17)24-3/h4-9,12H,10-11,13H2,1-3H3,(H2,20,21,22). The van der Waals surface area contributed by atoms with Crippen molar-refractivity contribution < 1.29 is 19.0 Å². The Hall–Kier alpha value is -2.89. The summed E-state index contributed by atoms with van der Waals surface area (Å²) in [5, 5.41) is 5.57. The van der Waals surface area contributed by atoms with Crippen LogP contribution in [0.3, 0.4) is 0 Å². The number of methoxy groups -OCH3 is 2. The van der Waals surface area contributed by atoms with Gasteiger partial charge in [0, 0.05) is 6.54 Å². The molecule has 6 heteroatoms. The average molecular weight is 344 g/mol. The first-order chi connectivity index (χ1) is 12.1. The maximum absolute atomic E-state index is 11.8. The van der Waals surface area contributed by atoms with Gasteiger partial charge in [-0.1, -0.05) is 35.9 Å². The molecule has 134 valence electrons. The molecule has 0 aliphatic rings. The molecule has 2 aromatic rings. The Balaban J connectivity index is 1.73. The van der Waals surface area contributed by atoms with Crippen molar-refractivity contribution >= 4 is 6.03 Å². The van der Waals surface area contributed by atoms with Crippen LogP contribution in [-0.2, 0) is 6.54 Å². The number of urea groups is 1. The van der Waals surface area contributed by atoms with Crippen LogP contribution < -0.4 is 24.8 Å². The third-order valence-electron chi connectivity index (χ3n) is 3.55. The number of amides is 2. The fraction of sp³-hybridized carbons (Fsp3) is 0.316. The summed E-state index contributed by atoms with van der Waals surface area (Å²) in [6.45, 7) is 3.20. The zero-order chi connectivity index (χ0) is 18.1. The van der Waals surface area contributed by atoms with Crippen LogP contribution in [0.25, 0.3) is 0 Å². The second-order valence-electron chi connectivity index (χ2n) is 5.44. The number of carbonyl (C=O) groups excluding carboxylic acids is 1. The maximum Gasteiger partial charge on any atom is 0.315 e. The Morgan fingerprint density at radius 1 is 1.00 bits per heavy atom. The van der Waals surface area contributed by atoms with Gasteiger partial charge in [-0.15, -0.1) is 0 Å². The summed E-state index contributed by atoms with van der Waals surface area (Å²) in [7, 11) is 3.13. The average Bonchev–Trinajstić information content (AvgIpc) is 2.63. The van der Waals surface area contributed by atoms with Crippen LogP contribution in [-0.4, -0.2) is 33.4 Å². The number of carbonyl (C=O) groups is 1. The van der Waals surface area contributed by atoms with Crippen molar-refractivity contribution in [3.63, 3.8) is 0 Å². The number of rotatable bonds is 8. The molecule has 0 heterocycles. The SMILES string of the molecule is COc1cccc(OCCNC(=O)NCc2cccc(C)c2)c1OC. The second-order valence-corrected chi connectivity index (χ2v) is 5.44. The van der Waals surface area contributed by atoms with E-state index in [-0.39, 0.29) is 6.03 Å². The van der Waals surface area contributed by atoms with E-state index in [1.807, 2.05) is 37.3 Å². The van der Waals surface area contributed by atoms with Crippen molar-refractivity contribution in [2.75, 3.05) is 27.4 Å². The highest BCUT2D eigenvalue weighted by Gasteiger charge is 2.10. The summed E-state index contributed by atoms with van der Waals surface area (Å²) in [5.41, 5.74) is 2.23. The molecule has 0 spiro atoms. The summed E-state index contributed by atoms with van der Waals surface area (Å²) in [5.74, 6) is 1.71. The Kier molecular flexibility index (Phi) is 6.95. The number of aryl methyl sites for hydroxylation is 1. The molecule has 0 saturated carbocycles. The molecule has 0 radical (unpaired) electrons. The molecule has 2 aromatic carbocycles. The minimum Gasteiger partial charge on any atom is -0.493 e. The molecule has 25 heavy (non-hydrogen) atoms. The molecular formula is C19H24N2O4. The van der Waals surface area contributed by atoms with E-state index in [1.54, 1.807) is 26.4 Å². The van der Waals surface area contributed by atoms with Crippen LogP contribution in [0.1, 0.15) is 11.1 Å². The van der Waals surface area contributed by atoms with Gasteiger partial charge in [-0.25, -0.2) is 4.79 Å². The predicted octanol–water partition coefficient (Wildman–Crippen LogP) is 2.89. The molecule has 0 unspecified atom stereocenters. The number of para-hydroxylation sites is 1. The number of ether oxygens (including phenoxy) is 3. The number of nitrogens with one attached hydrogen (secondary N) is 2. The maximum atomic E-state index is 11.8. The largest absolute Gasteiger partial charge is 0.493 e. The summed E-state index contributed by atoms with van der Waals surface area (Å²) in [6, 6.07) is 13.2. The van der Waals surface area contributed by atoms with Crippen LogP contribution >= 0.6 is 0 Å². The quantitative estimate of drug-likeness (QED) is 0.723. The molecule has 0 aliphatic heterocycles. The second kappa shape index (κ2) is 9.42. The molecule has 0 aromatic heterocycles. The highest BCUT2D eigenvalue weighted by molar-refractivity contribution is 5.73. The Labute approximate surface area is 148 Å². The van der Waals surface area contributed by atoms with Crippen LogP contribution in [0, 0.1) is 6.92 Å². The lowest BCUT2D eigenvalue weighted by molar-refractivity contribution is 0.235. The Morgan fingerprint density at radius 2 is 1.76 bits per heavy atom. The smallest absolute Gasteiger partial charge is 0.315 e. The summed E-state index contributed by atoms with van der Waals surface area (Å²) in [4.78, 5) is 11.8. The summed E-state index contributed by atoms with van der Waals surface area (Å²) in [6.07, 6.45) is 0. The van der Waals surface area contributed by atoms with E-state index < -0.39 is 0 Å². The fourth-order valence-corrected chi connectivity index (χ4v) is 2.36. The number of hydrogen-bond donors (Lipinski definition) is 2. The summed E-state index contributed by atoms with van der Waals surface area (Å²) >= 11 is 0. The van der Waals surface area contributed by atoms with Crippen molar-refractivity contribution in [2.45, 2.75) is 13.5 Å². The summed E-state index contributed by atoms with van der Waals surface area (Å²) < 4.78 is 16.2. The molecule has 2 N–H and O–H groups in total. The fourth-order valence-electron chi connectivity index (χ4n) is 2.36. The van der Waals surface area contributed by atoms with Gasteiger partial charge in [0.1, 0.15) is 6.61 Å². The van der Waals surface area contributed by atoms with Gasteiger partial charge in [0.05, 0.1) is 20.8 Å². The van der Waals surface area contributed by atoms with Crippen molar-refractivity contribution in [1.29, 1.82) is 0 Å². The highest BCUT2D eigenvalue weighted by Crippen LogP contribution is 2.36. The van der Waals surface area contributed by atoms with Gasteiger partial charge in [0.2, 0.25) is 5.75 Å². The van der Waals surface area contributed by atoms with E-state index in [1.165, 1.54) is 5.56 Å². The van der Waals surface area contributed by atoms with Crippen molar-refractivity contribution in [3.8, 4) is 17.2 Å². The van der Waals surface area contributed by atoms with E-state index in [0.29, 0.717) is 36.9 Å². The number of benzene rings is 2. The van der Waals surface area contributed by atoms with Crippen LogP contribution in [0.2, 0.25) is 0 Å². The Bertz CT molecular complexity index is 704. The molecule has 2 amide bonds. The zero-order valence-corrected chi connectivity index (χ0v) is 14.8. The van der Waals surface area contributed by atoms with E-state index >= 15 is 0 Å². The normalized spacial score (nSPS) is 10.0. The van der Waals surface area contributed by atoms with E-state index in [2.05, 4.69) is 10.6 Å². The minimum atomic E-state index is -0.234. The highest BCUT2D eigenvalue weighted by atomic mass is 16.5. The monoisotopic (exact) mass is 344 g/mol. The van der Waals surface area contributed by atoms with Gasteiger partial charge in [-0.2, -0.15) is 0 Å². The van der Waals surface area contributed by atoms with Crippen molar-refractivity contribution in [2.24, 2.45) is 0 Å². The Morgan fingerprint density at radius 3 is 2.48 bits per heavy atom. The molecule has 0 saturated heterocycles. The lowest BCUT2D eigenvalue weighted by Gasteiger charge is -2.14. The van der Waals surface area contributed by atoms with Crippen LogP contribution in [0.5, 0.6) is 17.2 Å². The first-order valence-electron chi connectivity index (χ1n) is 8.05. The van der Waals surface area contributed by atoms with E-state index in [9.17, 15) is 4.79 Å². The third-order valence-corrected chi connectivity index (χ3v) is 3.55. The van der Waals surface area contributed by atoms with Crippen LogP contribution in [0.4, 0.5) is 4.79 Å². The molecule has 0 atom stereocenters. The van der Waals surface area contributed by atoms with Gasteiger partial charge in [-0.3, -0.25) is 0 Å². The predicted molar refractivity (Wildman–Crippen MR) is 96.5 cm³/mol. The van der Waals surface area contributed by atoms with Crippen LogP contribution in [0.15, 0.2) is 42.5 Å². The zero-order valence-electron chi connectivity index (χ0n) is 14.8. The molecule has 6 nitrogen and oxygen atoms in total. The lowest BCUT2D eigenvalue weighted by Crippen LogP contribution is -2.37. The van der Waals surface area contributed by atoms with Crippen molar-refractivity contribution in [3.05, 3.63) is 53.6 Å². The first-order valence-corrected chi connectivity index (χ1v) is 8.05. The molecule has 0 fully saturated rings. The van der Waals surface area contributed by atoms with E-state index in [4.69, 9.17) is 14.2 Å². The third kappa shape index (κ3) is 5.60. The molecule has 0 bridgehead atoms. The minimum absolute atomic E-state index is 0.234. The van der Waals surface area contributed by atoms with Crippen molar-refractivity contribution in [1.82, 2.24) is 10.6 Å². The molecular weight excluding hydrogens is 320 g/mol. The lowest BCUT2D eigenvalue weighted by atomic mass is 10.1. The van der Waals surface area contributed by atoms with E-state index in [0.717, 1.165) is 5.56 Å². The van der Waals surface area contributed by atoms with Gasteiger partial charge in [0.15, 0.2) is 11.5 Å². The molecule has 0 aliphatic carbocycles. The molecule has 2 rings (SSSR count). The van der Waals surface area contributed by atoms with Gasteiger partial charge >= 0.3 is 6.03 Å². The number of hydrogen-bond acceptors (Lipinski definition) is 4. The topological polar surface area (TPSA) is 68.8 Å².